The monoisotopic (exact) mass is 386 g/mol. The van der Waals surface area contributed by atoms with Gasteiger partial charge in [-0.1, -0.05) is 0 Å². The number of thioether (sulfide) groups is 1. The molecule has 7 heteroatoms. The van der Waals surface area contributed by atoms with Gasteiger partial charge in [-0.2, -0.15) is 11.8 Å². The topological polar surface area (TPSA) is 66.0 Å². The van der Waals surface area contributed by atoms with Gasteiger partial charge in [-0.3, -0.25) is 4.99 Å². The molecule has 0 aromatic carbocycles. The zero-order valence-corrected chi connectivity index (χ0v) is 18.5. The van der Waals surface area contributed by atoms with Crippen LogP contribution in [-0.4, -0.2) is 66.3 Å². The Labute approximate surface area is 163 Å². The van der Waals surface area contributed by atoms with E-state index in [1.54, 1.807) is 0 Å². The van der Waals surface area contributed by atoms with E-state index in [9.17, 15) is 4.79 Å². The number of amides is 1. The van der Waals surface area contributed by atoms with E-state index in [2.05, 4.69) is 37.7 Å². The average Bonchev–Trinajstić information content (AvgIpc) is 2.56. The highest BCUT2D eigenvalue weighted by Gasteiger charge is 2.27. The molecule has 1 heterocycles. The smallest absolute Gasteiger partial charge is 0.410 e. The number of aliphatic imine (C=N–C) groups is 1. The van der Waals surface area contributed by atoms with Gasteiger partial charge in [0.05, 0.1) is 6.54 Å². The molecular weight excluding hydrogens is 348 g/mol. The van der Waals surface area contributed by atoms with Crippen LogP contribution in [0, 0.1) is 5.92 Å². The molecule has 1 rings (SSSR count). The SMILES string of the molecule is CCNC(=NCC(C)(C)SC)NCC1CCCN(C(=O)OC(C)(C)C)C1. The van der Waals surface area contributed by atoms with Crippen LogP contribution in [0.5, 0.6) is 0 Å². The Hall–Kier alpha value is -1.11. The fourth-order valence-electron chi connectivity index (χ4n) is 2.64. The van der Waals surface area contributed by atoms with Gasteiger partial charge in [0.2, 0.25) is 0 Å². The second kappa shape index (κ2) is 10.3. The maximum absolute atomic E-state index is 12.3. The Morgan fingerprint density at radius 2 is 1.96 bits per heavy atom. The summed E-state index contributed by atoms with van der Waals surface area (Å²) in [5.74, 6) is 1.26. The average molecular weight is 387 g/mol. The van der Waals surface area contributed by atoms with Crippen LogP contribution < -0.4 is 10.6 Å². The Morgan fingerprint density at radius 3 is 2.54 bits per heavy atom. The van der Waals surface area contributed by atoms with E-state index in [1.807, 2.05) is 37.4 Å². The molecule has 1 saturated heterocycles. The number of nitrogens with one attached hydrogen (secondary N) is 2. The van der Waals surface area contributed by atoms with Gasteiger partial charge in [0.15, 0.2) is 5.96 Å². The van der Waals surface area contributed by atoms with E-state index >= 15 is 0 Å². The second-order valence-corrected chi connectivity index (χ2v) is 9.99. The first-order valence-electron chi connectivity index (χ1n) is 9.61. The van der Waals surface area contributed by atoms with Crippen molar-refractivity contribution in [2.24, 2.45) is 10.9 Å². The van der Waals surface area contributed by atoms with Gasteiger partial charge < -0.3 is 20.3 Å². The van der Waals surface area contributed by atoms with E-state index in [0.717, 1.165) is 51.5 Å². The van der Waals surface area contributed by atoms with Crippen LogP contribution >= 0.6 is 11.8 Å². The summed E-state index contributed by atoms with van der Waals surface area (Å²) >= 11 is 1.82. The van der Waals surface area contributed by atoms with Crippen molar-refractivity contribution in [2.45, 2.75) is 64.7 Å². The number of nitrogens with zero attached hydrogens (tertiary/aromatic N) is 2. The second-order valence-electron chi connectivity index (χ2n) is 8.47. The first-order chi connectivity index (χ1) is 12.1. The zero-order valence-electron chi connectivity index (χ0n) is 17.6. The number of ether oxygens (including phenoxy) is 1. The molecule has 0 saturated carbocycles. The minimum absolute atomic E-state index is 0.126. The lowest BCUT2D eigenvalue weighted by Gasteiger charge is -2.34. The molecule has 0 bridgehead atoms. The molecule has 0 radical (unpaired) electrons. The third-order valence-corrected chi connectivity index (χ3v) is 5.48. The molecule has 1 fully saturated rings. The van der Waals surface area contributed by atoms with Crippen molar-refractivity contribution in [2.75, 3.05) is 39.0 Å². The number of rotatable bonds is 6. The zero-order chi connectivity index (χ0) is 19.8. The summed E-state index contributed by atoms with van der Waals surface area (Å²) in [4.78, 5) is 18.8. The molecule has 152 valence electrons. The van der Waals surface area contributed by atoms with Crippen molar-refractivity contribution < 1.29 is 9.53 Å². The van der Waals surface area contributed by atoms with E-state index in [1.165, 1.54) is 0 Å². The van der Waals surface area contributed by atoms with Gasteiger partial charge in [0.25, 0.3) is 0 Å². The molecule has 0 aromatic rings. The van der Waals surface area contributed by atoms with E-state index in [4.69, 9.17) is 9.73 Å². The number of hydrogen-bond acceptors (Lipinski definition) is 4. The van der Waals surface area contributed by atoms with Gasteiger partial charge in [-0.15, -0.1) is 0 Å². The predicted octanol–water partition coefficient (Wildman–Crippen LogP) is 3.33. The molecule has 2 N–H and O–H groups in total. The molecule has 0 spiro atoms. The lowest BCUT2D eigenvalue weighted by Crippen LogP contribution is -2.47. The Balaban J connectivity index is 2.55. The van der Waals surface area contributed by atoms with Crippen molar-refractivity contribution >= 4 is 23.8 Å². The van der Waals surface area contributed by atoms with E-state index in [0.29, 0.717) is 5.92 Å². The maximum Gasteiger partial charge on any atom is 0.410 e. The van der Waals surface area contributed by atoms with Crippen LogP contribution in [-0.2, 0) is 4.74 Å². The summed E-state index contributed by atoms with van der Waals surface area (Å²) in [6.45, 7) is 16.1. The first-order valence-corrected chi connectivity index (χ1v) is 10.8. The van der Waals surface area contributed by atoms with Gasteiger partial charge in [-0.25, -0.2) is 4.79 Å². The van der Waals surface area contributed by atoms with Crippen molar-refractivity contribution in [3.8, 4) is 0 Å². The molecule has 0 aromatic heterocycles. The Bertz CT molecular complexity index is 475. The number of carbonyl (C=O) groups is 1. The summed E-state index contributed by atoms with van der Waals surface area (Å²) in [6, 6.07) is 0. The van der Waals surface area contributed by atoms with Gasteiger partial charge >= 0.3 is 6.09 Å². The summed E-state index contributed by atoms with van der Waals surface area (Å²) in [6.07, 6.45) is 4.04. The third kappa shape index (κ3) is 9.01. The number of hydrogen-bond donors (Lipinski definition) is 2. The summed E-state index contributed by atoms with van der Waals surface area (Å²) in [5, 5.41) is 6.75. The Kier molecular flexibility index (Phi) is 9.07. The number of piperidine rings is 1. The van der Waals surface area contributed by atoms with Crippen LogP contribution in [0.2, 0.25) is 0 Å². The van der Waals surface area contributed by atoms with Crippen LogP contribution in [0.4, 0.5) is 4.79 Å². The standard InChI is InChI=1S/C19H38N4O2S/c1-8-20-16(22-14-19(5,6)26-7)21-12-15-10-9-11-23(13-15)17(24)25-18(2,3)4/h15H,8-14H2,1-7H3,(H2,20,21,22). The molecule has 1 aliphatic heterocycles. The summed E-state index contributed by atoms with van der Waals surface area (Å²) < 4.78 is 5.63. The van der Waals surface area contributed by atoms with Gasteiger partial charge in [0.1, 0.15) is 5.60 Å². The molecule has 26 heavy (non-hydrogen) atoms. The van der Waals surface area contributed by atoms with Crippen molar-refractivity contribution in [3.63, 3.8) is 0 Å². The Morgan fingerprint density at radius 1 is 1.27 bits per heavy atom. The van der Waals surface area contributed by atoms with Crippen molar-refractivity contribution in [3.05, 3.63) is 0 Å². The predicted molar refractivity (Wildman–Crippen MR) is 112 cm³/mol. The van der Waals surface area contributed by atoms with Crippen LogP contribution in [0.1, 0.15) is 54.4 Å². The first kappa shape index (κ1) is 22.9. The largest absolute Gasteiger partial charge is 0.444 e. The fourth-order valence-corrected chi connectivity index (χ4v) is 2.83. The summed E-state index contributed by atoms with van der Waals surface area (Å²) in [5.41, 5.74) is -0.447. The summed E-state index contributed by atoms with van der Waals surface area (Å²) in [7, 11) is 0. The van der Waals surface area contributed by atoms with Crippen molar-refractivity contribution in [1.29, 1.82) is 0 Å². The molecule has 1 aliphatic rings. The fraction of sp³-hybridized carbons (Fsp3) is 0.895. The van der Waals surface area contributed by atoms with Gasteiger partial charge in [-0.05, 0) is 66.6 Å². The highest BCUT2D eigenvalue weighted by molar-refractivity contribution is 7.99. The normalized spacial score (nSPS) is 19.3. The number of carbonyl (C=O) groups excluding carboxylic acids is 1. The highest BCUT2D eigenvalue weighted by Crippen LogP contribution is 2.21. The molecule has 1 unspecified atom stereocenters. The van der Waals surface area contributed by atoms with Gasteiger partial charge in [0, 0.05) is 30.9 Å². The van der Waals surface area contributed by atoms with Crippen LogP contribution in [0.25, 0.3) is 0 Å². The molecule has 6 nitrogen and oxygen atoms in total. The number of likely N-dealkylation sites (tertiary alicyclic amines) is 1. The third-order valence-electron chi connectivity index (χ3n) is 4.24. The molecule has 0 aliphatic carbocycles. The number of guanidine groups is 1. The minimum Gasteiger partial charge on any atom is -0.444 e. The molecule has 1 atom stereocenters. The maximum atomic E-state index is 12.3. The molecular formula is C19H38N4O2S. The minimum atomic E-state index is -0.447. The van der Waals surface area contributed by atoms with Crippen LogP contribution in [0.15, 0.2) is 4.99 Å². The lowest BCUT2D eigenvalue weighted by molar-refractivity contribution is 0.0168. The lowest BCUT2D eigenvalue weighted by atomic mass is 9.98. The quantitative estimate of drug-likeness (QED) is 0.541. The van der Waals surface area contributed by atoms with E-state index in [-0.39, 0.29) is 10.8 Å². The highest BCUT2D eigenvalue weighted by atomic mass is 32.2. The van der Waals surface area contributed by atoms with Crippen molar-refractivity contribution in [1.82, 2.24) is 15.5 Å². The molecule has 1 amide bonds. The van der Waals surface area contributed by atoms with E-state index < -0.39 is 5.60 Å². The van der Waals surface area contributed by atoms with Crippen LogP contribution in [0.3, 0.4) is 0 Å².